The highest BCUT2D eigenvalue weighted by Crippen LogP contribution is 2.33. The molecule has 0 unspecified atom stereocenters. The van der Waals surface area contributed by atoms with Crippen LogP contribution < -0.4 is 15.2 Å². The molecule has 0 bridgehead atoms. The van der Waals surface area contributed by atoms with E-state index in [2.05, 4.69) is 0 Å². The number of thiophene rings is 1. The number of aromatic nitrogens is 1. The van der Waals surface area contributed by atoms with Crippen molar-refractivity contribution in [1.29, 1.82) is 0 Å². The second kappa shape index (κ2) is 8.27. The Morgan fingerprint density at radius 2 is 1.81 bits per heavy atom. The van der Waals surface area contributed by atoms with Gasteiger partial charge in [-0.3, -0.25) is 9.59 Å². The largest absolute Gasteiger partial charge is 0.454 e. The normalized spacial score (nSPS) is 12.1. The van der Waals surface area contributed by atoms with Crippen molar-refractivity contribution in [3.05, 3.63) is 68.7 Å². The van der Waals surface area contributed by atoms with Gasteiger partial charge in [-0.2, -0.15) is 0 Å². The third-order valence-electron chi connectivity index (χ3n) is 5.04. The van der Waals surface area contributed by atoms with Gasteiger partial charge in [0, 0.05) is 23.5 Å². The van der Waals surface area contributed by atoms with E-state index in [9.17, 15) is 14.4 Å². The predicted octanol–water partition coefficient (Wildman–Crippen LogP) is 3.08. The molecule has 2 N–H and O–H groups in total. The summed E-state index contributed by atoms with van der Waals surface area (Å²) in [6.45, 7) is 4.16. The van der Waals surface area contributed by atoms with E-state index in [1.165, 1.54) is 12.1 Å². The van der Waals surface area contributed by atoms with Gasteiger partial charge in [-0.25, -0.2) is 4.79 Å². The Labute approximate surface area is 182 Å². The van der Waals surface area contributed by atoms with Crippen LogP contribution in [0.15, 0.2) is 36.4 Å². The van der Waals surface area contributed by atoms with Crippen LogP contribution in [0.2, 0.25) is 0 Å². The minimum atomic E-state index is -0.667. The SMILES string of the molecule is Cc1cc(C(=O)COC(=O)c2ccc(C(N)=O)s2)c(C)n1Cc1ccc2c(c1)OCO2. The van der Waals surface area contributed by atoms with Gasteiger partial charge in [0.05, 0.1) is 4.88 Å². The number of amides is 1. The van der Waals surface area contributed by atoms with Crippen LogP contribution in [0.4, 0.5) is 0 Å². The second-order valence-electron chi connectivity index (χ2n) is 7.09. The number of carbonyl (C=O) groups excluding carboxylic acids is 3. The van der Waals surface area contributed by atoms with E-state index in [0.29, 0.717) is 17.9 Å². The van der Waals surface area contributed by atoms with E-state index < -0.39 is 18.5 Å². The third-order valence-corrected chi connectivity index (χ3v) is 6.12. The molecule has 3 heterocycles. The lowest BCUT2D eigenvalue weighted by molar-refractivity contribution is 0.0479. The molecule has 3 aromatic rings. The molecular weight excluding hydrogens is 420 g/mol. The summed E-state index contributed by atoms with van der Waals surface area (Å²) in [5.74, 6) is -0.160. The van der Waals surface area contributed by atoms with Gasteiger partial charge >= 0.3 is 5.97 Å². The van der Waals surface area contributed by atoms with Gasteiger partial charge < -0.3 is 24.5 Å². The number of fused-ring (bicyclic) bond motifs is 1. The minimum Gasteiger partial charge on any atom is -0.454 e. The molecule has 1 aromatic carbocycles. The van der Waals surface area contributed by atoms with Gasteiger partial charge in [0.15, 0.2) is 18.1 Å². The fraction of sp³-hybridized carbons (Fsp3) is 0.227. The minimum absolute atomic E-state index is 0.215. The summed E-state index contributed by atoms with van der Waals surface area (Å²) in [5.41, 5.74) is 8.39. The Balaban J connectivity index is 1.44. The number of hydrogen-bond donors (Lipinski definition) is 1. The summed E-state index contributed by atoms with van der Waals surface area (Å²) in [6.07, 6.45) is 0. The molecule has 0 saturated heterocycles. The van der Waals surface area contributed by atoms with Gasteiger partial charge in [0.25, 0.3) is 5.91 Å². The van der Waals surface area contributed by atoms with Gasteiger partial charge in [-0.15, -0.1) is 11.3 Å². The average molecular weight is 440 g/mol. The molecule has 0 aliphatic carbocycles. The summed E-state index contributed by atoms with van der Waals surface area (Å²) in [7, 11) is 0. The molecule has 0 atom stereocenters. The van der Waals surface area contributed by atoms with E-state index in [-0.39, 0.29) is 22.3 Å². The van der Waals surface area contributed by atoms with Gasteiger partial charge in [-0.05, 0) is 49.7 Å². The van der Waals surface area contributed by atoms with E-state index in [4.69, 9.17) is 19.9 Å². The fourth-order valence-corrected chi connectivity index (χ4v) is 4.16. The highest BCUT2D eigenvalue weighted by molar-refractivity contribution is 7.15. The first-order valence-corrected chi connectivity index (χ1v) is 10.3. The number of carbonyl (C=O) groups is 3. The summed E-state index contributed by atoms with van der Waals surface area (Å²) >= 11 is 0.932. The van der Waals surface area contributed by atoms with Crippen molar-refractivity contribution in [3.8, 4) is 11.5 Å². The zero-order valence-electron chi connectivity index (χ0n) is 17.0. The van der Waals surface area contributed by atoms with E-state index in [1.807, 2.05) is 36.6 Å². The predicted molar refractivity (Wildman–Crippen MR) is 113 cm³/mol. The molecule has 0 saturated carbocycles. The van der Waals surface area contributed by atoms with Crippen LogP contribution in [0.1, 0.15) is 46.7 Å². The number of rotatable bonds is 7. The van der Waals surface area contributed by atoms with Crippen LogP contribution in [0.3, 0.4) is 0 Å². The second-order valence-corrected chi connectivity index (χ2v) is 8.17. The van der Waals surface area contributed by atoms with Crippen LogP contribution >= 0.6 is 11.3 Å². The van der Waals surface area contributed by atoms with E-state index >= 15 is 0 Å². The van der Waals surface area contributed by atoms with Crippen LogP contribution in [0, 0.1) is 13.8 Å². The zero-order valence-corrected chi connectivity index (χ0v) is 17.8. The average Bonchev–Trinajstić information content (AvgIpc) is 3.47. The quantitative estimate of drug-likeness (QED) is 0.447. The van der Waals surface area contributed by atoms with Crippen LogP contribution in [-0.2, 0) is 11.3 Å². The maximum atomic E-state index is 12.7. The van der Waals surface area contributed by atoms with Crippen molar-refractivity contribution in [1.82, 2.24) is 4.57 Å². The number of hydrogen-bond acceptors (Lipinski definition) is 7. The van der Waals surface area contributed by atoms with Crippen molar-refractivity contribution in [2.45, 2.75) is 20.4 Å². The van der Waals surface area contributed by atoms with Gasteiger partial charge in [0.2, 0.25) is 12.6 Å². The molecule has 9 heteroatoms. The lowest BCUT2D eigenvalue weighted by Crippen LogP contribution is -2.14. The molecule has 1 aliphatic rings. The number of primary amides is 1. The third kappa shape index (κ3) is 4.17. The number of nitrogens with zero attached hydrogens (tertiary/aromatic N) is 1. The highest BCUT2D eigenvalue weighted by Gasteiger charge is 2.20. The lowest BCUT2D eigenvalue weighted by Gasteiger charge is -2.11. The Bertz CT molecular complexity index is 1190. The molecule has 2 aromatic heterocycles. The molecular formula is C22H20N2O6S. The molecule has 160 valence electrons. The maximum absolute atomic E-state index is 12.7. The molecule has 31 heavy (non-hydrogen) atoms. The van der Waals surface area contributed by atoms with E-state index in [1.54, 1.807) is 6.07 Å². The van der Waals surface area contributed by atoms with Crippen molar-refractivity contribution >= 4 is 29.0 Å². The summed E-state index contributed by atoms with van der Waals surface area (Å²) in [4.78, 5) is 36.5. The summed E-state index contributed by atoms with van der Waals surface area (Å²) < 4.78 is 17.9. The molecule has 0 spiro atoms. The maximum Gasteiger partial charge on any atom is 0.348 e. The smallest absolute Gasteiger partial charge is 0.348 e. The zero-order chi connectivity index (χ0) is 22.1. The number of esters is 1. The van der Waals surface area contributed by atoms with Crippen LogP contribution in [0.25, 0.3) is 0 Å². The van der Waals surface area contributed by atoms with Crippen molar-refractivity contribution in [3.63, 3.8) is 0 Å². The lowest BCUT2D eigenvalue weighted by atomic mass is 10.1. The number of Topliss-reactive ketones (excluding diaryl/α,β-unsaturated/α-hetero) is 1. The fourth-order valence-electron chi connectivity index (χ4n) is 3.41. The number of benzene rings is 1. The number of ether oxygens (including phenoxy) is 3. The van der Waals surface area contributed by atoms with Crippen molar-refractivity contribution < 1.29 is 28.6 Å². The highest BCUT2D eigenvalue weighted by atomic mass is 32.1. The summed E-state index contributed by atoms with van der Waals surface area (Å²) in [6, 6.07) is 10.4. The molecule has 4 rings (SSSR count). The molecule has 1 amide bonds. The topological polar surface area (TPSA) is 110 Å². The Hall–Kier alpha value is -3.59. The number of ketones is 1. The number of aryl methyl sites for hydroxylation is 1. The van der Waals surface area contributed by atoms with Gasteiger partial charge in [-0.1, -0.05) is 6.07 Å². The molecule has 1 aliphatic heterocycles. The number of nitrogens with two attached hydrogens (primary N) is 1. The Morgan fingerprint density at radius 3 is 2.55 bits per heavy atom. The molecule has 8 nitrogen and oxygen atoms in total. The first kappa shape index (κ1) is 20.7. The first-order valence-electron chi connectivity index (χ1n) is 9.48. The van der Waals surface area contributed by atoms with Gasteiger partial charge in [0.1, 0.15) is 4.88 Å². The molecule has 0 fully saturated rings. The monoisotopic (exact) mass is 440 g/mol. The van der Waals surface area contributed by atoms with Crippen molar-refractivity contribution in [2.75, 3.05) is 13.4 Å². The summed E-state index contributed by atoms with van der Waals surface area (Å²) in [5, 5.41) is 0. The van der Waals surface area contributed by atoms with E-state index in [0.717, 1.165) is 34.0 Å². The standard InChI is InChI=1S/C22H20N2O6S/c1-12-7-15(16(25)10-28-22(27)20-6-5-19(31-20)21(23)26)13(2)24(12)9-14-3-4-17-18(8-14)30-11-29-17/h3-8H,9-11H2,1-2H3,(H2,23,26). The molecule has 0 radical (unpaired) electrons. The Morgan fingerprint density at radius 1 is 1.06 bits per heavy atom. The van der Waals surface area contributed by atoms with Crippen molar-refractivity contribution in [2.24, 2.45) is 5.73 Å². The van der Waals surface area contributed by atoms with Crippen LogP contribution in [-0.4, -0.2) is 35.6 Å². The van der Waals surface area contributed by atoms with Crippen LogP contribution in [0.5, 0.6) is 11.5 Å². The Kier molecular flexibility index (Phi) is 5.51. The first-order chi connectivity index (χ1) is 14.8.